The Hall–Kier alpha value is -1.42. The number of hydrogen-bond donors (Lipinski definition) is 1. The Balaban J connectivity index is 2.12. The van der Waals surface area contributed by atoms with Crippen molar-refractivity contribution in [3.8, 4) is 0 Å². The molecule has 3 rings (SSSR count). The molecule has 4 nitrogen and oxygen atoms in total. The van der Waals surface area contributed by atoms with Gasteiger partial charge in [0.15, 0.2) is 5.65 Å². The van der Waals surface area contributed by atoms with Crippen molar-refractivity contribution in [2.45, 2.75) is 32.7 Å². The number of pyridine rings is 1. The summed E-state index contributed by atoms with van der Waals surface area (Å²) < 4.78 is 2.31. The second kappa shape index (κ2) is 4.69. The van der Waals surface area contributed by atoms with Crippen LogP contribution in [0.3, 0.4) is 0 Å². The lowest BCUT2D eigenvalue weighted by Gasteiger charge is -2.15. The van der Waals surface area contributed by atoms with Crippen molar-refractivity contribution in [3.05, 3.63) is 24.2 Å². The molecule has 96 valence electrons. The molecule has 2 aromatic heterocycles. The minimum atomic E-state index is 0.519. The van der Waals surface area contributed by atoms with Gasteiger partial charge in [-0.3, -0.25) is 0 Å². The smallest absolute Gasteiger partial charge is 0.159 e. The fraction of sp³-hybridized carbons (Fsp3) is 0.571. The van der Waals surface area contributed by atoms with Crippen LogP contribution in [0.5, 0.6) is 0 Å². The molecule has 0 aliphatic carbocycles. The molecule has 2 aromatic rings. The zero-order valence-corrected chi connectivity index (χ0v) is 11.1. The molecule has 2 atom stereocenters. The zero-order valence-electron chi connectivity index (χ0n) is 11.1. The second-order valence-electron chi connectivity index (χ2n) is 5.21. The van der Waals surface area contributed by atoms with Crippen molar-refractivity contribution in [2.24, 2.45) is 5.92 Å². The number of nitrogens with one attached hydrogen (secondary N) is 1. The van der Waals surface area contributed by atoms with Gasteiger partial charge >= 0.3 is 0 Å². The van der Waals surface area contributed by atoms with E-state index in [1.165, 1.54) is 5.82 Å². The van der Waals surface area contributed by atoms with Crippen molar-refractivity contribution in [1.82, 2.24) is 19.9 Å². The molecule has 0 radical (unpaired) electrons. The van der Waals surface area contributed by atoms with Crippen LogP contribution in [-0.4, -0.2) is 27.6 Å². The fourth-order valence-electron chi connectivity index (χ4n) is 2.86. The highest BCUT2D eigenvalue weighted by Gasteiger charge is 2.29. The molecule has 1 fully saturated rings. The summed E-state index contributed by atoms with van der Waals surface area (Å²) in [4.78, 5) is 9.32. The van der Waals surface area contributed by atoms with Gasteiger partial charge in [-0.05, 0) is 31.0 Å². The lowest BCUT2D eigenvalue weighted by molar-refractivity contribution is 0.513. The van der Waals surface area contributed by atoms with Crippen molar-refractivity contribution in [2.75, 3.05) is 13.1 Å². The van der Waals surface area contributed by atoms with Gasteiger partial charge in [0.05, 0.1) is 0 Å². The molecule has 0 saturated carbocycles. The molecule has 1 aliphatic rings. The third kappa shape index (κ3) is 1.81. The molecule has 1 aliphatic heterocycles. The summed E-state index contributed by atoms with van der Waals surface area (Å²) in [7, 11) is 0. The van der Waals surface area contributed by atoms with E-state index in [-0.39, 0.29) is 0 Å². The summed E-state index contributed by atoms with van der Waals surface area (Å²) in [6.45, 7) is 7.64. The quantitative estimate of drug-likeness (QED) is 0.899. The summed E-state index contributed by atoms with van der Waals surface area (Å²) in [6, 6.07) is 4.02. The number of nitrogens with zero attached hydrogens (tertiary/aromatic N) is 3. The molecule has 0 amide bonds. The SMILES string of the molecule is CCCn1c([C@@H]2CNC[C@H]2C)nc2cccnc21. The van der Waals surface area contributed by atoms with E-state index in [0.717, 1.165) is 37.2 Å². The Morgan fingerprint density at radius 3 is 3.06 bits per heavy atom. The highest BCUT2D eigenvalue weighted by molar-refractivity contribution is 5.71. The van der Waals surface area contributed by atoms with Crippen LogP contribution in [0.1, 0.15) is 32.0 Å². The Bertz CT molecular complexity index is 546. The molecular formula is C14H20N4. The highest BCUT2D eigenvalue weighted by atomic mass is 15.1. The maximum absolute atomic E-state index is 4.82. The van der Waals surface area contributed by atoms with Crippen LogP contribution in [-0.2, 0) is 6.54 Å². The number of rotatable bonds is 3. The lowest BCUT2D eigenvalue weighted by atomic mass is 9.97. The number of aryl methyl sites for hydroxylation is 1. The van der Waals surface area contributed by atoms with E-state index >= 15 is 0 Å². The maximum Gasteiger partial charge on any atom is 0.159 e. The predicted octanol–water partition coefficient (Wildman–Crippen LogP) is 2.16. The molecule has 3 heterocycles. The molecule has 1 saturated heterocycles. The van der Waals surface area contributed by atoms with E-state index in [2.05, 4.69) is 34.8 Å². The minimum absolute atomic E-state index is 0.519. The summed E-state index contributed by atoms with van der Waals surface area (Å²) >= 11 is 0. The number of fused-ring (bicyclic) bond motifs is 1. The number of hydrogen-bond acceptors (Lipinski definition) is 3. The summed E-state index contributed by atoms with van der Waals surface area (Å²) in [5, 5.41) is 3.46. The normalized spacial score (nSPS) is 23.9. The Kier molecular flexibility index (Phi) is 3.04. The van der Waals surface area contributed by atoms with Crippen molar-refractivity contribution in [1.29, 1.82) is 0 Å². The largest absolute Gasteiger partial charge is 0.316 e. The lowest BCUT2D eigenvalue weighted by Crippen LogP contribution is -2.15. The maximum atomic E-state index is 4.82. The Labute approximate surface area is 107 Å². The van der Waals surface area contributed by atoms with E-state index < -0.39 is 0 Å². The summed E-state index contributed by atoms with van der Waals surface area (Å²) in [5.74, 6) is 2.38. The van der Waals surface area contributed by atoms with Gasteiger partial charge in [-0.25, -0.2) is 9.97 Å². The molecule has 0 spiro atoms. The molecule has 0 unspecified atom stereocenters. The molecule has 18 heavy (non-hydrogen) atoms. The first-order chi connectivity index (χ1) is 8.81. The second-order valence-corrected chi connectivity index (χ2v) is 5.21. The highest BCUT2D eigenvalue weighted by Crippen LogP contribution is 2.29. The van der Waals surface area contributed by atoms with E-state index in [9.17, 15) is 0 Å². The van der Waals surface area contributed by atoms with E-state index in [1.54, 1.807) is 0 Å². The van der Waals surface area contributed by atoms with Gasteiger partial charge in [0.2, 0.25) is 0 Å². The van der Waals surface area contributed by atoms with Gasteiger partial charge < -0.3 is 9.88 Å². The summed E-state index contributed by atoms with van der Waals surface area (Å²) in [6.07, 6.45) is 2.97. The molecule has 1 N–H and O–H groups in total. The van der Waals surface area contributed by atoms with Crippen LogP contribution in [0.4, 0.5) is 0 Å². The van der Waals surface area contributed by atoms with Crippen molar-refractivity contribution >= 4 is 11.2 Å². The third-order valence-electron chi connectivity index (χ3n) is 3.83. The van der Waals surface area contributed by atoms with E-state index in [4.69, 9.17) is 4.98 Å². The average Bonchev–Trinajstić information content (AvgIpc) is 2.94. The standard InChI is InChI=1S/C14H20N4/c1-3-7-18-13(11-9-15-8-10(11)2)17-12-5-4-6-16-14(12)18/h4-6,10-11,15H,3,7-9H2,1-2H3/t10-,11-/m1/s1. The van der Waals surface area contributed by atoms with Crippen molar-refractivity contribution < 1.29 is 0 Å². The van der Waals surface area contributed by atoms with Gasteiger partial charge in [-0.15, -0.1) is 0 Å². The first kappa shape index (κ1) is 11.7. The van der Waals surface area contributed by atoms with Gasteiger partial charge in [0.1, 0.15) is 11.3 Å². The van der Waals surface area contributed by atoms with Crippen LogP contribution < -0.4 is 5.32 Å². The van der Waals surface area contributed by atoms with Crippen LogP contribution >= 0.6 is 0 Å². The molecule has 0 aromatic carbocycles. The Morgan fingerprint density at radius 2 is 2.33 bits per heavy atom. The van der Waals surface area contributed by atoms with Crippen LogP contribution in [0.25, 0.3) is 11.2 Å². The van der Waals surface area contributed by atoms with Crippen LogP contribution in [0.15, 0.2) is 18.3 Å². The fourth-order valence-corrected chi connectivity index (χ4v) is 2.86. The third-order valence-corrected chi connectivity index (χ3v) is 3.83. The molecule has 0 bridgehead atoms. The summed E-state index contributed by atoms with van der Waals surface area (Å²) in [5.41, 5.74) is 2.06. The van der Waals surface area contributed by atoms with Gasteiger partial charge in [-0.2, -0.15) is 0 Å². The average molecular weight is 244 g/mol. The van der Waals surface area contributed by atoms with E-state index in [1.807, 2.05) is 12.3 Å². The number of imidazole rings is 1. The van der Waals surface area contributed by atoms with Crippen molar-refractivity contribution in [3.63, 3.8) is 0 Å². The molecular weight excluding hydrogens is 224 g/mol. The minimum Gasteiger partial charge on any atom is -0.316 e. The molecule has 4 heteroatoms. The number of aromatic nitrogens is 3. The first-order valence-corrected chi connectivity index (χ1v) is 6.83. The Morgan fingerprint density at radius 1 is 1.44 bits per heavy atom. The van der Waals surface area contributed by atoms with Gasteiger partial charge in [0, 0.05) is 25.2 Å². The first-order valence-electron chi connectivity index (χ1n) is 6.83. The van der Waals surface area contributed by atoms with Gasteiger partial charge in [0.25, 0.3) is 0 Å². The predicted molar refractivity (Wildman–Crippen MR) is 72.6 cm³/mol. The van der Waals surface area contributed by atoms with Crippen LogP contribution in [0, 0.1) is 5.92 Å². The monoisotopic (exact) mass is 244 g/mol. The van der Waals surface area contributed by atoms with Gasteiger partial charge in [-0.1, -0.05) is 13.8 Å². The van der Waals surface area contributed by atoms with Crippen LogP contribution in [0.2, 0.25) is 0 Å². The topological polar surface area (TPSA) is 42.7 Å². The van der Waals surface area contributed by atoms with E-state index in [0.29, 0.717) is 11.8 Å². The zero-order chi connectivity index (χ0) is 12.5.